The highest BCUT2D eigenvalue weighted by Gasteiger charge is 2.53. The second-order valence-electron chi connectivity index (χ2n) is 6.93. The Morgan fingerprint density at radius 3 is 1.96 bits per heavy atom. The molecule has 0 spiro atoms. The minimum absolute atomic E-state index is 0.345. The highest BCUT2D eigenvalue weighted by molar-refractivity contribution is 6.55. The monoisotopic (exact) mass is 367 g/mol. The Morgan fingerprint density at radius 2 is 1.54 bits per heavy atom. The van der Waals surface area contributed by atoms with Crippen molar-refractivity contribution in [1.29, 1.82) is 0 Å². The van der Waals surface area contributed by atoms with Crippen LogP contribution in [0.15, 0.2) is 42.0 Å². The molecule has 0 aliphatic carbocycles. The summed E-state index contributed by atoms with van der Waals surface area (Å²) in [6.07, 6.45) is 3.81. The number of hydrogen-bond acceptors (Lipinski definition) is 3. The third kappa shape index (κ3) is 5.29. The number of benzene rings is 1. The van der Waals surface area contributed by atoms with Crippen LogP contribution >= 0.6 is 0 Å². The minimum Gasteiger partial charge on any atom is -0.398 e. The van der Waals surface area contributed by atoms with Crippen LogP contribution in [-0.4, -0.2) is 31.5 Å². The zero-order valence-corrected chi connectivity index (χ0v) is 15.8. The maximum Gasteiger partial charge on any atom is 0.512 e. The molecule has 0 amide bonds. The Bertz CT molecular complexity index is 623. The summed E-state index contributed by atoms with van der Waals surface area (Å²) >= 11 is 0. The zero-order chi connectivity index (χ0) is 20.2. The Balaban J connectivity index is 0.00000163. The molecule has 0 atom stereocenters. The van der Waals surface area contributed by atoms with Gasteiger partial charge in [0.05, 0.1) is 17.6 Å². The van der Waals surface area contributed by atoms with Gasteiger partial charge in [-0.05, 0) is 39.8 Å². The predicted octanol–water partition coefficient (Wildman–Crippen LogP) is 4.84. The molecule has 26 heavy (non-hydrogen) atoms. The SMILES string of the molecule is C#C.CN(/C(=C\CC(F)(F)F)B1OC(C)(C)C(C)(C)O1)c1ccccc1. The van der Waals surface area contributed by atoms with E-state index >= 15 is 0 Å². The van der Waals surface area contributed by atoms with Crippen molar-refractivity contribution in [3.8, 4) is 12.8 Å². The van der Waals surface area contributed by atoms with Gasteiger partial charge in [0.15, 0.2) is 0 Å². The van der Waals surface area contributed by atoms with Gasteiger partial charge in [-0.2, -0.15) is 13.2 Å². The Labute approximate surface area is 154 Å². The molecule has 1 aliphatic heterocycles. The fourth-order valence-electron chi connectivity index (χ4n) is 2.38. The molecule has 0 radical (unpaired) electrons. The summed E-state index contributed by atoms with van der Waals surface area (Å²) in [5, 5.41) is 0. The van der Waals surface area contributed by atoms with Crippen molar-refractivity contribution in [2.75, 3.05) is 11.9 Å². The van der Waals surface area contributed by atoms with Crippen LogP contribution in [0.5, 0.6) is 0 Å². The maximum atomic E-state index is 12.7. The molecule has 1 aromatic carbocycles. The number of allylic oxidation sites excluding steroid dienone is 1. The molecule has 0 aromatic heterocycles. The number of terminal acetylenes is 1. The summed E-state index contributed by atoms with van der Waals surface area (Å²) in [6.45, 7) is 7.49. The molecular formula is C19H25BF3NO2. The van der Waals surface area contributed by atoms with E-state index in [1.807, 2.05) is 58.0 Å². The molecule has 1 saturated heterocycles. The van der Waals surface area contributed by atoms with Crippen molar-refractivity contribution in [3.05, 3.63) is 42.0 Å². The van der Waals surface area contributed by atoms with Gasteiger partial charge in [-0.25, -0.2) is 0 Å². The van der Waals surface area contributed by atoms with Gasteiger partial charge in [0, 0.05) is 18.3 Å². The van der Waals surface area contributed by atoms with Crippen molar-refractivity contribution in [1.82, 2.24) is 0 Å². The van der Waals surface area contributed by atoms with Crippen LogP contribution in [0.2, 0.25) is 0 Å². The molecule has 2 rings (SSSR count). The molecule has 0 bridgehead atoms. The first-order chi connectivity index (χ1) is 11.9. The van der Waals surface area contributed by atoms with Crippen LogP contribution in [0.3, 0.4) is 0 Å². The normalized spacial score (nSPS) is 18.8. The van der Waals surface area contributed by atoms with E-state index in [2.05, 4.69) is 12.8 Å². The molecule has 0 unspecified atom stereocenters. The Kier molecular flexibility index (Phi) is 6.98. The van der Waals surface area contributed by atoms with Crippen LogP contribution in [0.4, 0.5) is 18.9 Å². The number of anilines is 1. The summed E-state index contributed by atoms with van der Waals surface area (Å²) in [5.41, 5.74) is -0.128. The molecule has 0 N–H and O–H groups in total. The molecule has 1 fully saturated rings. The second kappa shape index (κ2) is 8.19. The first kappa shape index (κ1) is 22.1. The van der Waals surface area contributed by atoms with Crippen LogP contribution in [0.1, 0.15) is 34.1 Å². The van der Waals surface area contributed by atoms with Crippen molar-refractivity contribution >= 4 is 12.8 Å². The molecule has 142 valence electrons. The average Bonchev–Trinajstić information content (AvgIpc) is 2.77. The van der Waals surface area contributed by atoms with Gasteiger partial charge in [0.2, 0.25) is 0 Å². The molecule has 1 aromatic rings. The lowest BCUT2D eigenvalue weighted by Crippen LogP contribution is -2.41. The van der Waals surface area contributed by atoms with E-state index in [1.165, 1.54) is 0 Å². The van der Waals surface area contributed by atoms with Crippen LogP contribution in [-0.2, 0) is 9.31 Å². The number of hydrogen-bond donors (Lipinski definition) is 0. The molecule has 3 nitrogen and oxygen atoms in total. The van der Waals surface area contributed by atoms with Gasteiger partial charge in [-0.1, -0.05) is 24.3 Å². The molecule has 1 heterocycles. The predicted molar refractivity (Wildman–Crippen MR) is 99.6 cm³/mol. The van der Waals surface area contributed by atoms with Gasteiger partial charge >= 0.3 is 13.3 Å². The lowest BCUT2D eigenvalue weighted by molar-refractivity contribution is -0.125. The van der Waals surface area contributed by atoms with E-state index in [-0.39, 0.29) is 0 Å². The van der Waals surface area contributed by atoms with Crippen molar-refractivity contribution < 1.29 is 22.5 Å². The van der Waals surface area contributed by atoms with E-state index < -0.39 is 30.9 Å². The van der Waals surface area contributed by atoms with Crippen LogP contribution in [0, 0.1) is 12.8 Å². The number of halogens is 3. The van der Waals surface area contributed by atoms with E-state index in [1.54, 1.807) is 11.9 Å². The Morgan fingerprint density at radius 1 is 1.08 bits per heavy atom. The molecule has 7 heteroatoms. The number of nitrogens with zero attached hydrogens (tertiary/aromatic N) is 1. The minimum atomic E-state index is -4.29. The standard InChI is InChI=1S/C17H23BF3NO2.C2H2/c1-15(2)16(3,4)24-18(23-15)14(11-12-17(19,20)21)22(5)13-9-7-6-8-10-13;1-2/h6-11H,12H2,1-5H3;1-2H/b14-11-;. The fraction of sp³-hybridized carbons (Fsp3) is 0.474. The highest BCUT2D eigenvalue weighted by Crippen LogP contribution is 2.40. The van der Waals surface area contributed by atoms with E-state index in [0.29, 0.717) is 5.60 Å². The van der Waals surface area contributed by atoms with Gasteiger partial charge < -0.3 is 14.2 Å². The van der Waals surface area contributed by atoms with E-state index in [4.69, 9.17) is 9.31 Å². The molecule has 0 saturated carbocycles. The average molecular weight is 367 g/mol. The summed E-state index contributed by atoms with van der Waals surface area (Å²) in [6, 6.07) is 9.17. The van der Waals surface area contributed by atoms with E-state index in [0.717, 1.165) is 11.8 Å². The fourth-order valence-corrected chi connectivity index (χ4v) is 2.38. The first-order valence-corrected chi connectivity index (χ1v) is 8.17. The lowest BCUT2D eigenvalue weighted by Gasteiger charge is -2.32. The molecular weight excluding hydrogens is 342 g/mol. The molecule has 1 aliphatic rings. The largest absolute Gasteiger partial charge is 0.512 e. The third-order valence-corrected chi connectivity index (χ3v) is 4.57. The number of para-hydroxylation sites is 1. The highest BCUT2D eigenvalue weighted by atomic mass is 19.4. The third-order valence-electron chi connectivity index (χ3n) is 4.57. The maximum absolute atomic E-state index is 12.7. The number of rotatable bonds is 4. The zero-order valence-electron chi connectivity index (χ0n) is 15.8. The summed E-state index contributed by atoms with van der Waals surface area (Å²) in [5.74, 6) is 0. The van der Waals surface area contributed by atoms with Gasteiger partial charge in [0.1, 0.15) is 0 Å². The summed E-state index contributed by atoms with van der Waals surface area (Å²) in [7, 11) is 0.852. The summed E-state index contributed by atoms with van der Waals surface area (Å²) < 4.78 is 50.1. The topological polar surface area (TPSA) is 21.7 Å². The van der Waals surface area contributed by atoms with Gasteiger partial charge in [-0.3, -0.25) is 0 Å². The van der Waals surface area contributed by atoms with Crippen molar-refractivity contribution in [2.24, 2.45) is 0 Å². The smallest absolute Gasteiger partial charge is 0.398 e. The quantitative estimate of drug-likeness (QED) is 0.562. The first-order valence-electron chi connectivity index (χ1n) is 8.17. The van der Waals surface area contributed by atoms with E-state index in [9.17, 15) is 13.2 Å². The van der Waals surface area contributed by atoms with Gasteiger partial charge in [-0.15, -0.1) is 12.8 Å². The summed E-state index contributed by atoms with van der Waals surface area (Å²) in [4.78, 5) is 1.67. The second-order valence-corrected chi connectivity index (χ2v) is 6.93. The van der Waals surface area contributed by atoms with Crippen molar-refractivity contribution in [2.45, 2.75) is 51.5 Å². The van der Waals surface area contributed by atoms with Crippen LogP contribution in [0.25, 0.3) is 0 Å². The van der Waals surface area contributed by atoms with Crippen LogP contribution < -0.4 is 4.90 Å². The lowest BCUT2D eigenvalue weighted by atomic mass is 9.82. The Hall–Kier alpha value is -1.91. The number of alkyl halides is 3. The van der Waals surface area contributed by atoms with Crippen molar-refractivity contribution in [3.63, 3.8) is 0 Å². The van der Waals surface area contributed by atoms with Gasteiger partial charge in [0.25, 0.3) is 0 Å².